The van der Waals surface area contributed by atoms with E-state index < -0.39 is 12.1 Å². The lowest BCUT2D eigenvalue weighted by Gasteiger charge is -2.08. The van der Waals surface area contributed by atoms with Gasteiger partial charge in [0.15, 0.2) is 0 Å². The number of alkyl halides is 3. The van der Waals surface area contributed by atoms with Gasteiger partial charge < -0.3 is 10.6 Å². The Kier molecular flexibility index (Phi) is 5.14. The average Bonchev–Trinajstić information content (AvgIpc) is 2.80. The van der Waals surface area contributed by atoms with Crippen LogP contribution in [0.3, 0.4) is 0 Å². The molecule has 0 atom stereocenters. The maximum Gasteiger partial charge on any atom is 0.471 e. The van der Waals surface area contributed by atoms with E-state index in [1.165, 1.54) is 11.3 Å². The van der Waals surface area contributed by atoms with Crippen LogP contribution in [0.5, 0.6) is 0 Å². The highest BCUT2D eigenvalue weighted by atomic mass is 32.1. The number of hydrogen-bond acceptors (Lipinski definition) is 3. The van der Waals surface area contributed by atoms with E-state index in [9.17, 15) is 22.8 Å². The van der Waals surface area contributed by atoms with Crippen molar-refractivity contribution in [3.05, 3.63) is 22.4 Å². The normalized spacial score (nSPS) is 11.1. The van der Waals surface area contributed by atoms with E-state index in [4.69, 9.17) is 0 Å². The van der Waals surface area contributed by atoms with Crippen LogP contribution in [0.4, 0.5) is 13.2 Å². The number of hydrogen-bond donors (Lipinski definition) is 2. The van der Waals surface area contributed by atoms with E-state index in [2.05, 4.69) is 5.32 Å². The molecule has 0 bridgehead atoms. The Labute approximate surface area is 105 Å². The fourth-order valence-corrected chi connectivity index (χ4v) is 1.73. The maximum absolute atomic E-state index is 11.8. The number of halogens is 3. The first-order valence-electron chi connectivity index (χ1n) is 5.08. The van der Waals surface area contributed by atoms with Crippen molar-refractivity contribution >= 4 is 23.2 Å². The van der Waals surface area contributed by atoms with E-state index >= 15 is 0 Å². The number of carbonyl (C=O) groups is 2. The van der Waals surface area contributed by atoms with Crippen molar-refractivity contribution in [2.75, 3.05) is 13.1 Å². The van der Waals surface area contributed by atoms with E-state index in [-0.39, 0.29) is 25.4 Å². The number of nitrogens with one attached hydrogen (secondary N) is 2. The third-order valence-corrected chi connectivity index (χ3v) is 2.80. The Morgan fingerprint density at radius 2 is 1.89 bits per heavy atom. The van der Waals surface area contributed by atoms with Crippen molar-refractivity contribution in [2.24, 2.45) is 0 Å². The van der Waals surface area contributed by atoms with Gasteiger partial charge in [-0.25, -0.2) is 0 Å². The van der Waals surface area contributed by atoms with Crippen molar-refractivity contribution in [3.8, 4) is 0 Å². The Hall–Kier alpha value is -1.57. The fraction of sp³-hybridized carbons (Fsp3) is 0.400. The van der Waals surface area contributed by atoms with Crippen LogP contribution in [-0.2, 0) is 4.79 Å². The molecule has 0 spiro atoms. The molecule has 1 heterocycles. The molecule has 0 saturated carbocycles. The summed E-state index contributed by atoms with van der Waals surface area (Å²) in [5.41, 5.74) is 0. The zero-order valence-electron chi connectivity index (χ0n) is 9.21. The van der Waals surface area contributed by atoms with Crippen molar-refractivity contribution in [3.63, 3.8) is 0 Å². The van der Waals surface area contributed by atoms with Crippen molar-refractivity contribution in [1.82, 2.24) is 10.6 Å². The number of rotatable bonds is 5. The van der Waals surface area contributed by atoms with Crippen molar-refractivity contribution < 1.29 is 22.8 Å². The quantitative estimate of drug-likeness (QED) is 0.804. The minimum absolute atomic E-state index is 0.136. The van der Waals surface area contributed by atoms with Gasteiger partial charge in [-0.2, -0.15) is 13.2 Å². The predicted molar refractivity (Wildman–Crippen MR) is 60.3 cm³/mol. The molecule has 0 saturated heterocycles. The number of carbonyl (C=O) groups excluding carboxylic acids is 2. The Morgan fingerprint density at radius 1 is 1.22 bits per heavy atom. The molecular weight excluding hydrogens is 269 g/mol. The zero-order chi connectivity index (χ0) is 13.6. The van der Waals surface area contributed by atoms with Gasteiger partial charge in [0.1, 0.15) is 0 Å². The summed E-state index contributed by atoms with van der Waals surface area (Å²) in [6.45, 7) is 0.0674. The summed E-state index contributed by atoms with van der Waals surface area (Å²) in [5, 5.41) is 6.00. The molecule has 2 amide bonds. The van der Waals surface area contributed by atoms with Crippen LogP contribution in [0.15, 0.2) is 17.5 Å². The molecule has 0 aliphatic carbocycles. The lowest BCUT2D eigenvalue weighted by atomic mass is 10.4. The third kappa shape index (κ3) is 4.74. The van der Waals surface area contributed by atoms with Crippen LogP contribution < -0.4 is 10.6 Å². The SMILES string of the molecule is O=C(NCCCNC(=O)C(F)(F)F)c1cccs1. The van der Waals surface area contributed by atoms with Gasteiger partial charge >= 0.3 is 12.1 Å². The second kappa shape index (κ2) is 6.39. The van der Waals surface area contributed by atoms with E-state index in [0.717, 1.165) is 0 Å². The molecular formula is C10H11F3N2O2S. The number of thiophene rings is 1. The zero-order valence-corrected chi connectivity index (χ0v) is 10.0. The molecule has 0 unspecified atom stereocenters. The first-order chi connectivity index (χ1) is 8.41. The van der Waals surface area contributed by atoms with E-state index in [1.54, 1.807) is 22.8 Å². The van der Waals surface area contributed by atoms with Gasteiger partial charge in [-0.3, -0.25) is 9.59 Å². The van der Waals surface area contributed by atoms with Gasteiger partial charge in [0.25, 0.3) is 5.91 Å². The molecule has 8 heteroatoms. The molecule has 0 radical (unpaired) electrons. The summed E-state index contributed by atoms with van der Waals surface area (Å²) < 4.78 is 35.4. The molecule has 0 fully saturated rings. The van der Waals surface area contributed by atoms with Gasteiger partial charge in [0, 0.05) is 13.1 Å². The molecule has 1 aromatic rings. The Balaban J connectivity index is 2.13. The van der Waals surface area contributed by atoms with Crippen molar-refractivity contribution in [1.29, 1.82) is 0 Å². The van der Waals surface area contributed by atoms with Crippen LogP contribution in [0.25, 0.3) is 0 Å². The smallest absolute Gasteiger partial charge is 0.351 e. The summed E-state index contributed by atoms with van der Waals surface area (Å²) in [4.78, 5) is 22.4. The summed E-state index contributed by atoms with van der Waals surface area (Å²) in [6, 6.07) is 3.37. The molecule has 2 N–H and O–H groups in total. The second-order valence-electron chi connectivity index (χ2n) is 3.34. The maximum atomic E-state index is 11.8. The van der Waals surface area contributed by atoms with Crippen LogP contribution in [0.1, 0.15) is 16.1 Å². The minimum atomic E-state index is -4.86. The lowest BCUT2D eigenvalue weighted by molar-refractivity contribution is -0.173. The molecule has 18 heavy (non-hydrogen) atoms. The highest BCUT2D eigenvalue weighted by Crippen LogP contribution is 2.13. The molecule has 100 valence electrons. The van der Waals surface area contributed by atoms with Crippen LogP contribution in [0, 0.1) is 0 Å². The lowest BCUT2D eigenvalue weighted by Crippen LogP contribution is -2.38. The third-order valence-electron chi connectivity index (χ3n) is 1.93. The average molecular weight is 280 g/mol. The minimum Gasteiger partial charge on any atom is -0.351 e. The molecule has 1 aromatic heterocycles. The first kappa shape index (κ1) is 14.5. The molecule has 0 aromatic carbocycles. The molecule has 0 aliphatic heterocycles. The van der Waals surface area contributed by atoms with Gasteiger partial charge in [0.2, 0.25) is 0 Å². The highest BCUT2D eigenvalue weighted by Gasteiger charge is 2.38. The molecule has 4 nitrogen and oxygen atoms in total. The largest absolute Gasteiger partial charge is 0.471 e. The van der Waals surface area contributed by atoms with Gasteiger partial charge in [0.05, 0.1) is 4.88 Å². The summed E-state index contributed by atoms with van der Waals surface area (Å²) in [6.07, 6.45) is -4.63. The molecule has 0 aliphatic rings. The first-order valence-corrected chi connectivity index (χ1v) is 5.96. The van der Waals surface area contributed by atoms with Crippen LogP contribution in [-0.4, -0.2) is 31.1 Å². The van der Waals surface area contributed by atoms with Gasteiger partial charge in [-0.1, -0.05) is 6.07 Å². The number of amides is 2. The Morgan fingerprint density at radius 3 is 2.44 bits per heavy atom. The second-order valence-corrected chi connectivity index (χ2v) is 4.29. The highest BCUT2D eigenvalue weighted by molar-refractivity contribution is 7.12. The summed E-state index contributed by atoms with van der Waals surface area (Å²) in [7, 11) is 0. The van der Waals surface area contributed by atoms with Gasteiger partial charge in [-0.15, -0.1) is 11.3 Å². The van der Waals surface area contributed by atoms with E-state index in [0.29, 0.717) is 4.88 Å². The molecule has 1 rings (SSSR count). The standard InChI is InChI=1S/C10H11F3N2O2S/c11-10(12,13)9(17)15-5-2-4-14-8(16)7-3-1-6-18-7/h1,3,6H,2,4-5H2,(H,14,16)(H,15,17). The van der Waals surface area contributed by atoms with Crippen molar-refractivity contribution in [2.45, 2.75) is 12.6 Å². The van der Waals surface area contributed by atoms with Crippen LogP contribution in [0.2, 0.25) is 0 Å². The summed E-state index contributed by atoms with van der Waals surface area (Å²) in [5.74, 6) is -2.24. The van der Waals surface area contributed by atoms with Gasteiger partial charge in [-0.05, 0) is 17.9 Å². The Bertz CT molecular complexity index is 404. The fourth-order valence-electron chi connectivity index (χ4n) is 1.09. The van der Waals surface area contributed by atoms with Crippen LogP contribution >= 0.6 is 11.3 Å². The topological polar surface area (TPSA) is 58.2 Å². The monoisotopic (exact) mass is 280 g/mol. The van der Waals surface area contributed by atoms with E-state index in [1.807, 2.05) is 0 Å². The predicted octanol–water partition coefficient (Wildman–Crippen LogP) is 1.55. The summed E-state index contributed by atoms with van der Waals surface area (Å²) >= 11 is 1.27.